The summed E-state index contributed by atoms with van der Waals surface area (Å²) in [6, 6.07) is 12.3. The van der Waals surface area contributed by atoms with Crippen molar-refractivity contribution in [1.29, 1.82) is 0 Å². The van der Waals surface area contributed by atoms with E-state index in [2.05, 4.69) is 61.6 Å². The summed E-state index contributed by atoms with van der Waals surface area (Å²) in [5, 5.41) is 15.1. The maximum Gasteiger partial charge on any atom is 0.275 e. The zero-order chi connectivity index (χ0) is 23.8. The van der Waals surface area contributed by atoms with Crippen LogP contribution in [0.1, 0.15) is 28.8 Å². The number of hydrogen-bond donors (Lipinski definition) is 3. The Morgan fingerprint density at radius 1 is 1.26 bits per heavy atom. The molecule has 1 atom stereocenters. The summed E-state index contributed by atoms with van der Waals surface area (Å²) >= 11 is 1.52. The molecule has 1 aliphatic heterocycles. The SMILES string of the molecule is CCC1CN(Cc2nc(C(=O)Nc3cc(-c4cccc5[nH]ccc45)cc4[nH]ncc34)cs2)CCO1. The van der Waals surface area contributed by atoms with E-state index in [0.29, 0.717) is 11.4 Å². The minimum atomic E-state index is -0.222. The zero-order valence-corrected chi connectivity index (χ0v) is 20.2. The molecule has 1 saturated heterocycles. The van der Waals surface area contributed by atoms with Gasteiger partial charge >= 0.3 is 0 Å². The molecule has 1 aliphatic rings. The summed E-state index contributed by atoms with van der Waals surface area (Å²) in [6.45, 7) is 5.41. The number of nitrogens with zero attached hydrogens (tertiary/aromatic N) is 3. The van der Waals surface area contributed by atoms with Crippen LogP contribution in [-0.2, 0) is 11.3 Å². The number of aromatic amines is 2. The van der Waals surface area contributed by atoms with Gasteiger partial charge in [0.25, 0.3) is 5.91 Å². The van der Waals surface area contributed by atoms with Gasteiger partial charge in [0.05, 0.1) is 36.7 Å². The Bertz CT molecular complexity index is 1500. The number of thiazole rings is 1. The van der Waals surface area contributed by atoms with Gasteiger partial charge in [0.2, 0.25) is 0 Å². The van der Waals surface area contributed by atoms with E-state index < -0.39 is 0 Å². The Kier molecular flexibility index (Phi) is 5.81. The lowest BCUT2D eigenvalue weighted by molar-refractivity contribution is -0.0324. The van der Waals surface area contributed by atoms with Gasteiger partial charge in [-0.1, -0.05) is 19.1 Å². The predicted octanol–water partition coefficient (Wildman–Crippen LogP) is 5.03. The van der Waals surface area contributed by atoms with Crippen LogP contribution in [0.5, 0.6) is 0 Å². The van der Waals surface area contributed by atoms with E-state index in [1.807, 2.05) is 23.7 Å². The van der Waals surface area contributed by atoms with E-state index in [9.17, 15) is 4.79 Å². The van der Waals surface area contributed by atoms with Crippen LogP contribution in [0.4, 0.5) is 5.69 Å². The number of aromatic nitrogens is 4. The van der Waals surface area contributed by atoms with Crippen molar-refractivity contribution < 1.29 is 9.53 Å². The molecule has 2 aromatic carbocycles. The zero-order valence-electron chi connectivity index (χ0n) is 19.4. The number of benzene rings is 2. The summed E-state index contributed by atoms with van der Waals surface area (Å²) in [5.41, 5.74) is 5.15. The number of anilines is 1. The molecule has 1 fully saturated rings. The predicted molar refractivity (Wildman–Crippen MR) is 139 cm³/mol. The Morgan fingerprint density at radius 3 is 3.11 bits per heavy atom. The van der Waals surface area contributed by atoms with Crippen molar-refractivity contribution in [1.82, 2.24) is 25.1 Å². The number of rotatable bonds is 6. The van der Waals surface area contributed by atoms with E-state index in [-0.39, 0.29) is 12.0 Å². The smallest absolute Gasteiger partial charge is 0.275 e. The monoisotopic (exact) mass is 486 g/mol. The van der Waals surface area contributed by atoms with Crippen LogP contribution in [0.3, 0.4) is 0 Å². The second-order valence-corrected chi connectivity index (χ2v) is 9.76. The van der Waals surface area contributed by atoms with Crippen LogP contribution in [0, 0.1) is 0 Å². The summed E-state index contributed by atoms with van der Waals surface area (Å²) < 4.78 is 5.76. The number of fused-ring (bicyclic) bond motifs is 2. The minimum absolute atomic E-state index is 0.222. The van der Waals surface area contributed by atoms with Crippen molar-refractivity contribution in [2.24, 2.45) is 0 Å². The molecule has 1 unspecified atom stereocenters. The van der Waals surface area contributed by atoms with E-state index in [1.54, 1.807) is 6.20 Å². The molecule has 0 radical (unpaired) electrons. The van der Waals surface area contributed by atoms with Crippen molar-refractivity contribution in [3.05, 3.63) is 64.9 Å². The Labute approximate surface area is 206 Å². The Balaban J connectivity index is 1.25. The quantitative estimate of drug-likeness (QED) is 0.313. The van der Waals surface area contributed by atoms with E-state index in [1.165, 1.54) is 11.3 Å². The molecule has 4 heterocycles. The number of nitrogens with one attached hydrogen (secondary N) is 3. The second kappa shape index (κ2) is 9.26. The van der Waals surface area contributed by atoms with Gasteiger partial charge < -0.3 is 15.0 Å². The molecule has 1 amide bonds. The Morgan fingerprint density at radius 2 is 2.20 bits per heavy atom. The van der Waals surface area contributed by atoms with Crippen LogP contribution in [0.15, 0.2) is 54.2 Å². The first-order valence-corrected chi connectivity index (χ1v) is 12.7. The average Bonchev–Trinajstić information content (AvgIpc) is 3.64. The third kappa shape index (κ3) is 4.34. The number of carbonyl (C=O) groups excluding carboxylic acids is 1. The molecule has 5 aromatic rings. The fourth-order valence-electron chi connectivity index (χ4n) is 4.68. The highest BCUT2D eigenvalue weighted by atomic mass is 32.1. The van der Waals surface area contributed by atoms with Crippen LogP contribution in [0.2, 0.25) is 0 Å². The first-order chi connectivity index (χ1) is 17.2. The molecule has 6 rings (SSSR count). The largest absolute Gasteiger partial charge is 0.376 e. The lowest BCUT2D eigenvalue weighted by atomic mass is 9.99. The molecule has 3 N–H and O–H groups in total. The lowest BCUT2D eigenvalue weighted by Gasteiger charge is -2.31. The number of ether oxygens (including phenoxy) is 1. The van der Waals surface area contributed by atoms with E-state index >= 15 is 0 Å². The fraction of sp³-hybridized carbons (Fsp3) is 0.269. The standard InChI is InChI=1S/C26H26N6O2S/c1-2-17-13-32(8-9-34-17)14-25-29-24(15-35-25)26(33)30-22-10-16(11-23-20(22)12-28-31-23)18-4-3-5-21-19(18)6-7-27-21/h3-7,10-12,15,17,27H,2,8-9,13-14H2,1H3,(H,28,31)(H,30,33). The van der Waals surface area contributed by atoms with Crippen LogP contribution < -0.4 is 5.32 Å². The average molecular weight is 487 g/mol. The van der Waals surface area contributed by atoms with Gasteiger partial charge in [0.1, 0.15) is 10.7 Å². The van der Waals surface area contributed by atoms with Crippen molar-refractivity contribution in [3.63, 3.8) is 0 Å². The third-order valence-corrected chi connectivity index (χ3v) is 7.37. The topological polar surface area (TPSA) is 98.9 Å². The summed E-state index contributed by atoms with van der Waals surface area (Å²) in [7, 11) is 0. The minimum Gasteiger partial charge on any atom is -0.376 e. The molecule has 0 aliphatic carbocycles. The van der Waals surface area contributed by atoms with E-state index in [0.717, 1.165) is 70.6 Å². The summed E-state index contributed by atoms with van der Waals surface area (Å²) in [4.78, 5) is 23.4. The molecular weight excluding hydrogens is 460 g/mol. The van der Waals surface area contributed by atoms with E-state index in [4.69, 9.17) is 4.74 Å². The van der Waals surface area contributed by atoms with Crippen LogP contribution in [0.25, 0.3) is 32.9 Å². The molecular formula is C26H26N6O2S. The highest BCUT2D eigenvalue weighted by Gasteiger charge is 2.21. The maximum absolute atomic E-state index is 13.2. The van der Waals surface area contributed by atoms with Crippen LogP contribution in [-0.4, -0.2) is 56.8 Å². The molecule has 178 valence electrons. The summed E-state index contributed by atoms with van der Waals surface area (Å²) in [5.74, 6) is -0.222. The molecule has 0 bridgehead atoms. The van der Waals surface area contributed by atoms with Crippen molar-refractivity contribution in [3.8, 4) is 11.1 Å². The van der Waals surface area contributed by atoms with Gasteiger partial charge in [0, 0.05) is 41.0 Å². The highest BCUT2D eigenvalue weighted by Crippen LogP contribution is 2.34. The summed E-state index contributed by atoms with van der Waals surface area (Å²) in [6.07, 6.45) is 4.95. The first-order valence-electron chi connectivity index (χ1n) is 11.8. The number of hydrogen-bond acceptors (Lipinski definition) is 6. The molecule has 3 aromatic heterocycles. The normalized spacial score (nSPS) is 16.8. The van der Waals surface area contributed by atoms with Crippen molar-refractivity contribution >= 4 is 44.7 Å². The number of morpholine rings is 1. The van der Waals surface area contributed by atoms with Gasteiger partial charge in [-0.3, -0.25) is 14.8 Å². The number of amides is 1. The number of carbonyl (C=O) groups is 1. The van der Waals surface area contributed by atoms with Gasteiger partial charge in [-0.25, -0.2) is 4.98 Å². The highest BCUT2D eigenvalue weighted by molar-refractivity contribution is 7.09. The number of H-pyrrole nitrogens is 2. The second-order valence-electron chi connectivity index (χ2n) is 8.82. The molecule has 9 heteroatoms. The van der Waals surface area contributed by atoms with Gasteiger partial charge in [-0.2, -0.15) is 5.10 Å². The van der Waals surface area contributed by atoms with Gasteiger partial charge in [0.15, 0.2) is 0 Å². The maximum atomic E-state index is 13.2. The van der Waals surface area contributed by atoms with Gasteiger partial charge in [-0.15, -0.1) is 11.3 Å². The third-order valence-electron chi connectivity index (χ3n) is 6.53. The molecule has 0 saturated carbocycles. The van der Waals surface area contributed by atoms with Crippen molar-refractivity contribution in [2.75, 3.05) is 25.0 Å². The first kappa shape index (κ1) is 22.0. The van der Waals surface area contributed by atoms with Gasteiger partial charge in [-0.05, 0) is 41.8 Å². The lowest BCUT2D eigenvalue weighted by Crippen LogP contribution is -2.41. The van der Waals surface area contributed by atoms with Crippen molar-refractivity contribution in [2.45, 2.75) is 26.0 Å². The molecule has 0 spiro atoms. The molecule has 35 heavy (non-hydrogen) atoms. The molecule has 8 nitrogen and oxygen atoms in total. The fourth-order valence-corrected chi connectivity index (χ4v) is 5.50. The van der Waals surface area contributed by atoms with Crippen LogP contribution >= 0.6 is 11.3 Å². The Hall–Kier alpha value is -3.53.